The number of carbonyl (C=O) groups is 1. The molecule has 4 atom stereocenters. The van der Waals surface area contributed by atoms with Gasteiger partial charge in [-0.1, -0.05) is 13.8 Å². The molecule has 1 heterocycles. The first-order chi connectivity index (χ1) is 12.7. The summed E-state index contributed by atoms with van der Waals surface area (Å²) >= 11 is 0. The SMILES string of the molecule is COc1cc(F)c(C[C@@H]2N=C3C[C@@H]4C[C@@H](C4(C)C)[C@]3(C)OC2=O)cc1OC. The molecule has 0 saturated heterocycles. The van der Waals surface area contributed by atoms with Crippen LogP contribution < -0.4 is 9.47 Å². The van der Waals surface area contributed by atoms with Crippen LogP contribution in [0.3, 0.4) is 0 Å². The second-order valence-corrected chi connectivity index (χ2v) is 8.63. The Hall–Kier alpha value is -2.11. The molecule has 0 aromatic heterocycles. The van der Waals surface area contributed by atoms with Gasteiger partial charge in [-0.15, -0.1) is 0 Å². The van der Waals surface area contributed by atoms with Gasteiger partial charge >= 0.3 is 5.97 Å². The zero-order valence-corrected chi connectivity index (χ0v) is 16.5. The van der Waals surface area contributed by atoms with Crippen molar-refractivity contribution in [3.63, 3.8) is 0 Å². The summed E-state index contributed by atoms with van der Waals surface area (Å²) in [6, 6.07) is 2.12. The monoisotopic (exact) mass is 375 g/mol. The first kappa shape index (κ1) is 18.3. The molecular weight excluding hydrogens is 349 g/mol. The van der Waals surface area contributed by atoms with Crippen LogP contribution in [0.5, 0.6) is 11.5 Å². The molecule has 2 bridgehead atoms. The van der Waals surface area contributed by atoms with E-state index in [1.54, 1.807) is 6.07 Å². The highest BCUT2D eigenvalue weighted by atomic mass is 19.1. The molecule has 0 radical (unpaired) electrons. The summed E-state index contributed by atoms with van der Waals surface area (Å²) in [7, 11) is 2.95. The third kappa shape index (κ3) is 2.56. The van der Waals surface area contributed by atoms with E-state index < -0.39 is 17.5 Å². The van der Waals surface area contributed by atoms with Crippen molar-refractivity contribution in [2.45, 2.75) is 51.7 Å². The van der Waals surface area contributed by atoms with Gasteiger partial charge in [0.1, 0.15) is 5.82 Å². The van der Waals surface area contributed by atoms with E-state index in [1.807, 2.05) is 6.92 Å². The standard InChI is InChI=1S/C21H26FNO4/c1-20(2)12-8-17(20)21(3)18(9-12)23-14(19(24)27-21)6-11-7-15(25-4)16(26-5)10-13(11)22/h7,10,12,14,17H,6,8-9H2,1-5H3/t12-,14-,17-,21-/m0/s1. The van der Waals surface area contributed by atoms with E-state index in [4.69, 9.17) is 19.2 Å². The normalized spacial score (nSPS) is 33.3. The van der Waals surface area contributed by atoms with Crippen molar-refractivity contribution in [3.8, 4) is 11.5 Å². The molecule has 5 rings (SSSR count). The van der Waals surface area contributed by atoms with Crippen LogP contribution in [0.4, 0.5) is 4.39 Å². The number of benzene rings is 1. The summed E-state index contributed by atoms with van der Waals surface area (Å²) in [4.78, 5) is 17.5. The molecule has 4 aliphatic rings. The highest BCUT2D eigenvalue weighted by Gasteiger charge is 2.65. The van der Waals surface area contributed by atoms with Gasteiger partial charge in [-0.3, -0.25) is 4.99 Å². The number of carbonyl (C=O) groups excluding carboxylic acids is 1. The quantitative estimate of drug-likeness (QED) is 0.755. The van der Waals surface area contributed by atoms with Gasteiger partial charge in [0.25, 0.3) is 0 Å². The Morgan fingerprint density at radius 1 is 1.22 bits per heavy atom. The van der Waals surface area contributed by atoms with Gasteiger partial charge in [-0.25, -0.2) is 9.18 Å². The maximum atomic E-state index is 14.5. The smallest absolute Gasteiger partial charge is 0.332 e. The maximum absolute atomic E-state index is 14.5. The lowest BCUT2D eigenvalue weighted by Crippen LogP contribution is -2.68. The zero-order chi connectivity index (χ0) is 19.6. The third-order valence-corrected chi connectivity index (χ3v) is 7.01. The van der Waals surface area contributed by atoms with Gasteiger partial charge in [-0.2, -0.15) is 0 Å². The molecule has 3 aliphatic carbocycles. The van der Waals surface area contributed by atoms with Crippen molar-refractivity contribution < 1.29 is 23.4 Å². The van der Waals surface area contributed by atoms with Gasteiger partial charge < -0.3 is 14.2 Å². The Labute approximate surface area is 158 Å². The van der Waals surface area contributed by atoms with Crippen LogP contribution in [0.25, 0.3) is 0 Å². The fourth-order valence-corrected chi connectivity index (χ4v) is 5.15. The van der Waals surface area contributed by atoms with E-state index in [9.17, 15) is 9.18 Å². The van der Waals surface area contributed by atoms with Crippen LogP contribution in [0.1, 0.15) is 39.2 Å². The number of ether oxygens (including phenoxy) is 3. The second-order valence-electron chi connectivity index (χ2n) is 8.63. The number of hydrogen-bond donors (Lipinski definition) is 0. The summed E-state index contributed by atoms with van der Waals surface area (Å²) in [6.45, 7) is 6.47. The van der Waals surface area contributed by atoms with Crippen molar-refractivity contribution in [3.05, 3.63) is 23.5 Å². The number of rotatable bonds is 4. The number of methoxy groups -OCH3 is 2. The number of halogens is 1. The lowest BCUT2D eigenvalue weighted by atomic mass is 9.43. The predicted molar refractivity (Wildman–Crippen MR) is 98.9 cm³/mol. The van der Waals surface area contributed by atoms with Crippen LogP contribution >= 0.6 is 0 Å². The third-order valence-electron chi connectivity index (χ3n) is 7.01. The molecule has 6 heteroatoms. The molecule has 1 aliphatic heterocycles. The fourth-order valence-electron chi connectivity index (χ4n) is 5.15. The molecule has 0 unspecified atom stereocenters. The average Bonchev–Trinajstić information content (AvgIpc) is 2.62. The first-order valence-corrected chi connectivity index (χ1v) is 9.41. The Kier molecular flexibility index (Phi) is 4.02. The van der Waals surface area contributed by atoms with Crippen molar-refractivity contribution >= 4 is 11.7 Å². The number of hydrogen-bond acceptors (Lipinski definition) is 5. The molecule has 27 heavy (non-hydrogen) atoms. The summed E-state index contributed by atoms with van der Waals surface area (Å²) in [5.41, 5.74) is 0.857. The molecule has 146 valence electrons. The number of esters is 1. The maximum Gasteiger partial charge on any atom is 0.332 e. The van der Waals surface area contributed by atoms with Crippen molar-refractivity contribution in [2.75, 3.05) is 14.2 Å². The van der Waals surface area contributed by atoms with Crippen molar-refractivity contribution in [2.24, 2.45) is 22.2 Å². The van der Waals surface area contributed by atoms with Crippen LogP contribution in [-0.2, 0) is 16.0 Å². The van der Waals surface area contributed by atoms with Crippen LogP contribution in [0.2, 0.25) is 0 Å². The minimum atomic E-state index is -0.721. The van der Waals surface area contributed by atoms with Gasteiger partial charge in [0, 0.05) is 18.4 Å². The van der Waals surface area contributed by atoms with E-state index in [0.29, 0.717) is 28.9 Å². The summed E-state index contributed by atoms with van der Waals surface area (Å²) in [5.74, 6) is 0.794. The summed E-state index contributed by atoms with van der Waals surface area (Å²) < 4.78 is 30.8. The summed E-state index contributed by atoms with van der Waals surface area (Å²) in [6.07, 6.45) is 2.06. The number of nitrogens with zero attached hydrogens (tertiary/aromatic N) is 1. The minimum Gasteiger partial charge on any atom is -0.493 e. The van der Waals surface area contributed by atoms with Crippen LogP contribution in [0.15, 0.2) is 17.1 Å². The van der Waals surface area contributed by atoms with E-state index in [2.05, 4.69) is 13.8 Å². The molecule has 3 fully saturated rings. The second kappa shape index (κ2) is 5.94. The Bertz CT molecular complexity index is 834. The van der Waals surface area contributed by atoms with Gasteiger partial charge in [-0.05, 0) is 42.7 Å². The predicted octanol–water partition coefficient (Wildman–Crippen LogP) is 3.58. The average molecular weight is 375 g/mol. The lowest BCUT2D eigenvalue weighted by molar-refractivity contribution is -0.187. The number of aliphatic imine (C=N–C) groups is 1. The van der Waals surface area contributed by atoms with Gasteiger partial charge in [0.2, 0.25) is 0 Å². The van der Waals surface area contributed by atoms with E-state index in [-0.39, 0.29) is 17.8 Å². The van der Waals surface area contributed by atoms with Crippen molar-refractivity contribution in [1.29, 1.82) is 0 Å². The molecule has 1 aromatic carbocycles. The molecular formula is C21H26FNO4. The minimum absolute atomic E-state index is 0.142. The van der Waals surface area contributed by atoms with Gasteiger partial charge in [0.15, 0.2) is 23.1 Å². The molecule has 3 saturated carbocycles. The fraction of sp³-hybridized carbons (Fsp3) is 0.619. The van der Waals surface area contributed by atoms with E-state index >= 15 is 0 Å². The zero-order valence-electron chi connectivity index (χ0n) is 16.5. The highest BCUT2D eigenvalue weighted by Crippen LogP contribution is 2.63. The highest BCUT2D eigenvalue weighted by molar-refractivity contribution is 6.00. The van der Waals surface area contributed by atoms with E-state index in [1.165, 1.54) is 20.3 Å². The molecule has 0 amide bonds. The molecule has 5 nitrogen and oxygen atoms in total. The Morgan fingerprint density at radius 2 is 1.89 bits per heavy atom. The van der Waals surface area contributed by atoms with Crippen LogP contribution in [-0.4, -0.2) is 37.5 Å². The Morgan fingerprint density at radius 3 is 2.52 bits per heavy atom. The topological polar surface area (TPSA) is 57.1 Å². The van der Waals surface area contributed by atoms with Gasteiger partial charge in [0.05, 0.1) is 19.9 Å². The lowest BCUT2D eigenvalue weighted by Gasteiger charge is -2.64. The molecule has 0 spiro atoms. The molecule has 1 aromatic rings. The Balaban J connectivity index is 1.63. The molecule has 0 N–H and O–H groups in total. The van der Waals surface area contributed by atoms with Crippen molar-refractivity contribution in [1.82, 2.24) is 0 Å². The van der Waals surface area contributed by atoms with E-state index in [0.717, 1.165) is 18.6 Å². The largest absolute Gasteiger partial charge is 0.493 e. The summed E-state index contributed by atoms with van der Waals surface area (Å²) in [5, 5.41) is 0. The van der Waals surface area contributed by atoms with Crippen LogP contribution in [0, 0.1) is 23.1 Å². The first-order valence-electron chi connectivity index (χ1n) is 9.41.